The van der Waals surface area contributed by atoms with Crippen molar-refractivity contribution < 1.29 is 4.74 Å². The number of nitrogens with one attached hydrogen (secondary N) is 1. The standard InChI is InChI=1S/C13H21NO/c1-10(11(2)14-3)9-12-5-7-13(15-4)8-6-12/h5-8,10-11,14H,9H2,1-4H3. The summed E-state index contributed by atoms with van der Waals surface area (Å²) in [6, 6.07) is 8.86. The minimum absolute atomic E-state index is 0.548. The monoisotopic (exact) mass is 207 g/mol. The topological polar surface area (TPSA) is 21.3 Å². The Balaban J connectivity index is 2.57. The molecule has 0 amide bonds. The van der Waals surface area contributed by atoms with E-state index in [1.807, 2.05) is 19.2 Å². The van der Waals surface area contributed by atoms with E-state index in [9.17, 15) is 0 Å². The summed E-state index contributed by atoms with van der Waals surface area (Å²) in [5.41, 5.74) is 1.37. The molecule has 0 aromatic heterocycles. The Morgan fingerprint density at radius 1 is 1.20 bits per heavy atom. The van der Waals surface area contributed by atoms with Gasteiger partial charge in [-0.1, -0.05) is 19.1 Å². The van der Waals surface area contributed by atoms with Crippen LogP contribution in [0.1, 0.15) is 19.4 Å². The van der Waals surface area contributed by atoms with Crippen LogP contribution in [0.15, 0.2) is 24.3 Å². The molecule has 2 atom stereocenters. The van der Waals surface area contributed by atoms with Gasteiger partial charge in [-0.25, -0.2) is 0 Å². The van der Waals surface area contributed by atoms with Gasteiger partial charge in [0.15, 0.2) is 0 Å². The number of hydrogen-bond donors (Lipinski definition) is 1. The number of hydrogen-bond acceptors (Lipinski definition) is 2. The molecule has 1 aromatic rings. The Morgan fingerprint density at radius 2 is 1.80 bits per heavy atom. The lowest BCUT2D eigenvalue weighted by Crippen LogP contribution is -2.29. The third kappa shape index (κ3) is 3.56. The van der Waals surface area contributed by atoms with Gasteiger partial charge in [0.2, 0.25) is 0 Å². The maximum atomic E-state index is 5.13. The van der Waals surface area contributed by atoms with E-state index in [0.717, 1.165) is 12.2 Å². The number of rotatable bonds is 5. The predicted octanol–water partition coefficient (Wildman–Crippen LogP) is 2.48. The van der Waals surface area contributed by atoms with Crippen molar-refractivity contribution in [3.05, 3.63) is 29.8 Å². The van der Waals surface area contributed by atoms with Crippen LogP contribution >= 0.6 is 0 Å². The smallest absolute Gasteiger partial charge is 0.118 e. The lowest BCUT2D eigenvalue weighted by Gasteiger charge is -2.19. The Morgan fingerprint density at radius 3 is 2.27 bits per heavy atom. The van der Waals surface area contributed by atoms with Crippen molar-refractivity contribution in [3.8, 4) is 5.75 Å². The molecule has 0 heterocycles. The normalized spacial score (nSPS) is 14.7. The Labute approximate surface area is 92.6 Å². The first-order valence-corrected chi connectivity index (χ1v) is 5.47. The minimum Gasteiger partial charge on any atom is -0.497 e. The third-order valence-electron chi connectivity index (χ3n) is 3.03. The molecule has 0 aliphatic rings. The fraction of sp³-hybridized carbons (Fsp3) is 0.538. The summed E-state index contributed by atoms with van der Waals surface area (Å²) in [6.07, 6.45) is 1.10. The summed E-state index contributed by atoms with van der Waals surface area (Å²) in [5, 5.41) is 3.28. The molecule has 0 bridgehead atoms. The fourth-order valence-electron chi connectivity index (χ4n) is 1.59. The highest BCUT2D eigenvalue weighted by Crippen LogP contribution is 2.16. The quantitative estimate of drug-likeness (QED) is 0.801. The predicted molar refractivity (Wildman–Crippen MR) is 64.4 cm³/mol. The molecule has 1 N–H and O–H groups in total. The van der Waals surface area contributed by atoms with Gasteiger partial charge in [0.25, 0.3) is 0 Å². The van der Waals surface area contributed by atoms with Crippen LogP contribution in [0.5, 0.6) is 5.75 Å². The molecule has 1 rings (SSSR count). The second kappa shape index (κ2) is 5.76. The van der Waals surface area contributed by atoms with Gasteiger partial charge in [0.05, 0.1) is 7.11 Å². The molecule has 0 radical (unpaired) electrons. The maximum Gasteiger partial charge on any atom is 0.118 e. The van der Waals surface area contributed by atoms with E-state index < -0.39 is 0 Å². The molecular weight excluding hydrogens is 186 g/mol. The van der Waals surface area contributed by atoms with Gasteiger partial charge < -0.3 is 10.1 Å². The zero-order valence-corrected chi connectivity index (χ0v) is 10.1. The second-order valence-electron chi connectivity index (χ2n) is 4.11. The molecule has 0 spiro atoms. The molecule has 0 aliphatic heterocycles. The summed E-state index contributed by atoms with van der Waals surface area (Å²) >= 11 is 0. The van der Waals surface area contributed by atoms with Gasteiger partial charge in [-0.15, -0.1) is 0 Å². The first kappa shape index (κ1) is 12.1. The van der Waals surface area contributed by atoms with Gasteiger partial charge in [-0.2, -0.15) is 0 Å². The SMILES string of the molecule is CNC(C)C(C)Cc1ccc(OC)cc1. The summed E-state index contributed by atoms with van der Waals surface area (Å²) in [7, 11) is 3.70. The van der Waals surface area contributed by atoms with E-state index in [1.54, 1.807) is 7.11 Å². The minimum atomic E-state index is 0.548. The van der Waals surface area contributed by atoms with Crippen LogP contribution in [0.3, 0.4) is 0 Å². The zero-order chi connectivity index (χ0) is 11.3. The molecule has 1 aromatic carbocycles. The lowest BCUT2D eigenvalue weighted by atomic mass is 9.95. The first-order valence-electron chi connectivity index (χ1n) is 5.47. The molecule has 84 valence electrons. The summed E-state index contributed by atoms with van der Waals surface area (Å²) in [5.74, 6) is 1.57. The van der Waals surface area contributed by atoms with Gasteiger partial charge in [0.1, 0.15) is 5.75 Å². The molecule has 2 nitrogen and oxygen atoms in total. The van der Waals surface area contributed by atoms with E-state index in [-0.39, 0.29) is 0 Å². The van der Waals surface area contributed by atoms with Gasteiger partial charge in [-0.3, -0.25) is 0 Å². The van der Waals surface area contributed by atoms with Crippen LogP contribution in [-0.2, 0) is 6.42 Å². The molecule has 0 saturated carbocycles. The van der Waals surface area contributed by atoms with E-state index >= 15 is 0 Å². The highest BCUT2D eigenvalue weighted by atomic mass is 16.5. The van der Waals surface area contributed by atoms with Crippen LogP contribution in [-0.4, -0.2) is 20.2 Å². The third-order valence-corrected chi connectivity index (χ3v) is 3.03. The highest BCUT2D eigenvalue weighted by molar-refractivity contribution is 5.27. The Bertz CT molecular complexity index is 281. The fourth-order valence-corrected chi connectivity index (χ4v) is 1.59. The number of methoxy groups -OCH3 is 1. The van der Waals surface area contributed by atoms with E-state index in [1.165, 1.54) is 5.56 Å². The summed E-state index contributed by atoms with van der Waals surface area (Å²) in [6.45, 7) is 4.49. The molecular formula is C13H21NO. The first-order chi connectivity index (χ1) is 7.17. The maximum absolute atomic E-state index is 5.13. The average molecular weight is 207 g/mol. The lowest BCUT2D eigenvalue weighted by molar-refractivity contribution is 0.412. The molecule has 2 heteroatoms. The van der Waals surface area contributed by atoms with Crippen molar-refractivity contribution in [3.63, 3.8) is 0 Å². The number of benzene rings is 1. The highest BCUT2D eigenvalue weighted by Gasteiger charge is 2.10. The van der Waals surface area contributed by atoms with Crippen LogP contribution < -0.4 is 10.1 Å². The van der Waals surface area contributed by atoms with E-state index in [4.69, 9.17) is 4.74 Å². The molecule has 15 heavy (non-hydrogen) atoms. The zero-order valence-electron chi connectivity index (χ0n) is 10.1. The average Bonchev–Trinajstić information content (AvgIpc) is 2.29. The van der Waals surface area contributed by atoms with Crippen molar-refractivity contribution in [2.45, 2.75) is 26.3 Å². The van der Waals surface area contributed by atoms with Gasteiger partial charge >= 0.3 is 0 Å². The Kier molecular flexibility index (Phi) is 4.63. The number of ether oxygens (including phenoxy) is 1. The second-order valence-corrected chi connectivity index (χ2v) is 4.11. The van der Waals surface area contributed by atoms with Crippen LogP contribution in [0.2, 0.25) is 0 Å². The molecule has 0 saturated heterocycles. The van der Waals surface area contributed by atoms with E-state index in [0.29, 0.717) is 12.0 Å². The Hall–Kier alpha value is -1.02. The van der Waals surface area contributed by atoms with Crippen molar-refractivity contribution in [1.29, 1.82) is 0 Å². The van der Waals surface area contributed by atoms with Crippen molar-refractivity contribution in [2.75, 3.05) is 14.2 Å². The molecule has 2 unspecified atom stereocenters. The van der Waals surface area contributed by atoms with Crippen molar-refractivity contribution in [1.82, 2.24) is 5.32 Å². The van der Waals surface area contributed by atoms with Crippen molar-refractivity contribution >= 4 is 0 Å². The summed E-state index contributed by atoms with van der Waals surface area (Å²) in [4.78, 5) is 0. The molecule has 0 fully saturated rings. The van der Waals surface area contributed by atoms with Gasteiger partial charge in [0, 0.05) is 6.04 Å². The molecule has 0 aliphatic carbocycles. The van der Waals surface area contributed by atoms with E-state index in [2.05, 4.69) is 31.3 Å². The van der Waals surface area contributed by atoms with Crippen molar-refractivity contribution in [2.24, 2.45) is 5.92 Å². The van der Waals surface area contributed by atoms with Gasteiger partial charge in [-0.05, 0) is 44.0 Å². The largest absolute Gasteiger partial charge is 0.497 e. The summed E-state index contributed by atoms with van der Waals surface area (Å²) < 4.78 is 5.13. The van der Waals surface area contributed by atoms with Crippen LogP contribution in [0.4, 0.5) is 0 Å². The van der Waals surface area contributed by atoms with Crippen LogP contribution in [0, 0.1) is 5.92 Å². The van der Waals surface area contributed by atoms with Crippen LogP contribution in [0.25, 0.3) is 0 Å².